The average Bonchev–Trinajstić information content (AvgIpc) is 2.25. The molecule has 0 aliphatic heterocycles. The highest BCUT2D eigenvalue weighted by Crippen LogP contribution is 2.39. The van der Waals surface area contributed by atoms with Crippen LogP contribution < -0.4 is 4.74 Å². The Bertz CT molecular complexity index is 479. The van der Waals surface area contributed by atoms with E-state index in [1.165, 1.54) is 0 Å². The molecule has 0 saturated heterocycles. The normalized spacial score (nSPS) is 11.7. The number of benzene rings is 1. The van der Waals surface area contributed by atoms with Crippen LogP contribution in [0.15, 0.2) is 16.6 Å². The van der Waals surface area contributed by atoms with Gasteiger partial charge in [-0.05, 0) is 39.0 Å². The third kappa shape index (κ3) is 3.72. The summed E-state index contributed by atoms with van der Waals surface area (Å²) in [6.07, 6.45) is 0.101. The molecule has 0 fully saturated rings. The summed E-state index contributed by atoms with van der Waals surface area (Å²) in [5.41, 5.74) is 1.68. The van der Waals surface area contributed by atoms with Crippen molar-refractivity contribution in [2.75, 3.05) is 7.11 Å². The molecule has 0 spiro atoms. The lowest BCUT2D eigenvalue weighted by atomic mass is 9.80. The second-order valence-corrected chi connectivity index (χ2v) is 6.54. The second kappa shape index (κ2) is 5.95. The maximum Gasteiger partial charge on any atom is 0.304 e. The van der Waals surface area contributed by atoms with E-state index in [-0.39, 0.29) is 6.42 Å². The fourth-order valence-corrected chi connectivity index (χ4v) is 2.77. The topological polar surface area (TPSA) is 46.5 Å². The second-order valence-electron chi connectivity index (χ2n) is 5.69. The van der Waals surface area contributed by atoms with Crippen LogP contribution in [0.25, 0.3) is 0 Å². The van der Waals surface area contributed by atoms with Crippen LogP contribution in [-0.2, 0) is 10.2 Å². The van der Waals surface area contributed by atoms with Crippen molar-refractivity contribution in [3.05, 3.63) is 27.7 Å². The minimum Gasteiger partial charge on any atom is -0.495 e. The Kier molecular flexibility index (Phi) is 5.02. The highest BCUT2D eigenvalue weighted by molar-refractivity contribution is 9.10. The molecule has 4 heteroatoms. The quantitative estimate of drug-likeness (QED) is 0.874. The van der Waals surface area contributed by atoms with Crippen molar-refractivity contribution in [1.29, 1.82) is 0 Å². The highest BCUT2D eigenvalue weighted by Gasteiger charge is 2.26. The number of halogens is 1. The summed E-state index contributed by atoms with van der Waals surface area (Å²) in [5, 5.41) is 9.02. The Balaban J connectivity index is 3.35. The van der Waals surface area contributed by atoms with Crippen molar-refractivity contribution in [2.24, 2.45) is 0 Å². The van der Waals surface area contributed by atoms with Gasteiger partial charge in [0.05, 0.1) is 18.0 Å². The Morgan fingerprint density at radius 3 is 2.42 bits per heavy atom. The van der Waals surface area contributed by atoms with Crippen LogP contribution in [0.2, 0.25) is 0 Å². The van der Waals surface area contributed by atoms with Crippen molar-refractivity contribution in [3.8, 4) is 5.75 Å². The van der Waals surface area contributed by atoms with E-state index in [2.05, 4.69) is 35.8 Å². The lowest BCUT2D eigenvalue weighted by Gasteiger charge is -2.26. The molecule has 0 aromatic heterocycles. The molecule has 0 radical (unpaired) electrons. The van der Waals surface area contributed by atoms with Crippen molar-refractivity contribution in [3.63, 3.8) is 0 Å². The molecule has 0 atom stereocenters. The van der Waals surface area contributed by atoms with E-state index >= 15 is 0 Å². The Hall–Kier alpha value is -1.03. The number of methoxy groups -OCH3 is 1. The van der Waals surface area contributed by atoms with E-state index < -0.39 is 11.4 Å². The molecule has 3 nitrogen and oxygen atoms in total. The molecule has 19 heavy (non-hydrogen) atoms. The lowest BCUT2D eigenvalue weighted by molar-refractivity contribution is -0.138. The number of hydrogen-bond donors (Lipinski definition) is 1. The number of ether oxygens (including phenoxy) is 1. The fraction of sp³-hybridized carbons (Fsp3) is 0.533. The summed E-state index contributed by atoms with van der Waals surface area (Å²) in [6.45, 7) is 8.08. The molecule has 1 aromatic carbocycles. The van der Waals surface area contributed by atoms with Gasteiger partial charge in [0.2, 0.25) is 0 Å². The predicted octanol–water partition coefficient (Wildman–Crippen LogP) is 4.33. The largest absolute Gasteiger partial charge is 0.495 e. The van der Waals surface area contributed by atoms with Crippen LogP contribution >= 0.6 is 15.9 Å². The first kappa shape index (κ1) is 16.0. The Labute approximate surface area is 123 Å². The number of carboxylic acid groups (broad SMARTS) is 1. The minimum atomic E-state index is -0.789. The van der Waals surface area contributed by atoms with Crippen molar-refractivity contribution >= 4 is 21.9 Å². The molecule has 0 saturated carbocycles. The van der Waals surface area contributed by atoms with E-state index in [0.29, 0.717) is 5.92 Å². The zero-order valence-corrected chi connectivity index (χ0v) is 13.7. The van der Waals surface area contributed by atoms with Gasteiger partial charge < -0.3 is 9.84 Å². The smallest absolute Gasteiger partial charge is 0.304 e. The number of carbonyl (C=O) groups is 1. The molecule has 0 aliphatic carbocycles. The summed E-state index contributed by atoms with van der Waals surface area (Å²) in [6, 6.07) is 4.00. The summed E-state index contributed by atoms with van der Waals surface area (Å²) >= 11 is 3.51. The number of carboxylic acids is 1. The van der Waals surface area contributed by atoms with E-state index in [1.807, 2.05) is 19.9 Å². The molecule has 1 aromatic rings. The maximum absolute atomic E-state index is 11.0. The van der Waals surface area contributed by atoms with Gasteiger partial charge >= 0.3 is 5.97 Å². The summed E-state index contributed by atoms with van der Waals surface area (Å²) in [4.78, 5) is 11.0. The molecule has 106 valence electrons. The molecule has 0 unspecified atom stereocenters. The molecule has 0 amide bonds. The van der Waals surface area contributed by atoms with Crippen LogP contribution in [0.5, 0.6) is 5.75 Å². The first-order valence-electron chi connectivity index (χ1n) is 6.28. The molecular formula is C15H21BrO3. The lowest BCUT2D eigenvalue weighted by Crippen LogP contribution is -2.22. The Morgan fingerprint density at radius 2 is 2.00 bits per heavy atom. The van der Waals surface area contributed by atoms with Crippen molar-refractivity contribution < 1.29 is 14.6 Å². The zero-order valence-electron chi connectivity index (χ0n) is 12.1. The van der Waals surface area contributed by atoms with Crippen LogP contribution in [0, 0.1) is 0 Å². The van der Waals surface area contributed by atoms with Gasteiger partial charge in [-0.2, -0.15) is 0 Å². The number of rotatable bonds is 5. The van der Waals surface area contributed by atoms with Gasteiger partial charge in [0.1, 0.15) is 5.75 Å². The Morgan fingerprint density at radius 1 is 1.42 bits per heavy atom. The van der Waals surface area contributed by atoms with E-state index in [4.69, 9.17) is 9.84 Å². The molecular weight excluding hydrogens is 308 g/mol. The van der Waals surface area contributed by atoms with Crippen LogP contribution in [0.4, 0.5) is 0 Å². The highest BCUT2D eigenvalue weighted by atomic mass is 79.9. The fourth-order valence-electron chi connectivity index (χ4n) is 2.13. The standard InChI is InChI=1S/C15H21BrO3/c1-9(2)11-6-10(7-12(16)14(11)19-5)15(3,4)8-13(17)18/h6-7,9H,8H2,1-5H3,(H,17,18). The predicted molar refractivity (Wildman–Crippen MR) is 80.1 cm³/mol. The van der Waals surface area contributed by atoms with E-state index in [9.17, 15) is 4.79 Å². The molecule has 1 rings (SSSR count). The van der Waals surface area contributed by atoms with Gasteiger partial charge in [0.15, 0.2) is 0 Å². The first-order chi connectivity index (χ1) is 8.69. The van der Waals surface area contributed by atoms with Crippen LogP contribution in [0.1, 0.15) is 51.2 Å². The van der Waals surface area contributed by atoms with Gasteiger partial charge in [-0.1, -0.05) is 33.8 Å². The molecule has 1 N–H and O–H groups in total. The molecule has 0 aliphatic rings. The zero-order chi connectivity index (χ0) is 14.8. The van der Waals surface area contributed by atoms with Gasteiger partial charge in [0, 0.05) is 5.41 Å². The third-order valence-electron chi connectivity index (χ3n) is 3.27. The minimum absolute atomic E-state index is 0.101. The van der Waals surface area contributed by atoms with E-state index in [1.54, 1.807) is 7.11 Å². The average molecular weight is 329 g/mol. The summed E-state index contributed by atoms with van der Waals surface area (Å²) in [7, 11) is 1.65. The monoisotopic (exact) mass is 328 g/mol. The maximum atomic E-state index is 11.0. The van der Waals surface area contributed by atoms with Gasteiger partial charge in [0.25, 0.3) is 0 Å². The third-order valence-corrected chi connectivity index (χ3v) is 3.86. The molecule has 0 bridgehead atoms. The SMILES string of the molecule is COc1c(Br)cc(C(C)(C)CC(=O)O)cc1C(C)C. The number of hydrogen-bond acceptors (Lipinski definition) is 2. The van der Waals surface area contributed by atoms with Gasteiger partial charge in [-0.3, -0.25) is 4.79 Å². The number of aliphatic carboxylic acids is 1. The first-order valence-corrected chi connectivity index (χ1v) is 7.08. The van der Waals surface area contributed by atoms with Crippen LogP contribution in [0.3, 0.4) is 0 Å². The van der Waals surface area contributed by atoms with Gasteiger partial charge in [-0.25, -0.2) is 0 Å². The molecule has 0 heterocycles. The van der Waals surface area contributed by atoms with Crippen molar-refractivity contribution in [1.82, 2.24) is 0 Å². The summed E-state index contributed by atoms with van der Waals surface area (Å²) < 4.78 is 6.29. The van der Waals surface area contributed by atoms with Crippen molar-refractivity contribution in [2.45, 2.75) is 45.4 Å². The van der Waals surface area contributed by atoms with Gasteiger partial charge in [-0.15, -0.1) is 0 Å². The van der Waals surface area contributed by atoms with Crippen LogP contribution in [-0.4, -0.2) is 18.2 Å². The van der Waals surface area contributed by atoms with E-state index in [0.717, 1.165) is 21.3 Å². The summed E-state index contributed by atoms with van der Waals surface area (Å²) in [5.74, 6) is 0.347.